The summed E-state index contributed by atoms with van der Waals surface area (Å²) in [5.74, 6) is 1.25. The summed E-state index contributed by atoms with van der Waals surface area (Å²) < 4.78 is 1.88. The summed E-state index contributed by atoms with van der Waals surface area (Å²) in [5, 5.41) is 4.21. The molecule has 1 fully saturated rings. The number of fused-ring (bicyclic) bond motifs is 1. The highest BCUT2D eigenvalue weighted by atomic mass is 32.2. The molecule has 1 N–H and O–H groups in total. The largest absolute Gasteiger partial charge is 0.355 e. The van der Waals surface area contributed by atoms with Gasteiger partial charge in [0, 0.05) is 12.6 Å². The van der Waals surface area contributed by atoms with E-state index in [0.29, 0.717) is 34.4 Å². The van der Waals surface area contributed by atoms with Gasteiger partial charge in [0.2, 0.25) is 5.91 Å². The number of benzene rings is 1. The van der Waals surface area contributed by atoms with E-state index in [1.165, 1.54) is 18.2 Å². The summed E-state index contributed by atoms with van der Waals surface area (Å²) in [6.07, 6.45) is 4.22. The van der Waals surface area contributed by atoms with Crippen molar-refractivity contribution >= 4 is 28.6 Å². The average molecular weight is 388 g/mol. The zero-order valence-corrected chi connectivity index (χ0v) is 17.2. The van der Waals surface area contributed by atoms with Crippen molar-refractivity contribution in [3.63, 3.8) is 0 Å². The Labute approximate surface area is 164 Å². The lowest BCUT2D eigenvalue weighted by molar-refractivity contribution is -0.118. The second-order valence-electron chi connectivity index (χ2n) is 7.56. The smallest absolute Gasteiger partial charge is 0.262 e. The van der Waals surface area contributed by atoms with Crippen LogP contribution in [-0.2, 0) is 4.79 Å². The maximum Gasteiger partial charge on any atom is 0.262 e. The highest BCUT2D eigenvalue weighted by Crippen LogP contribution is 2.38. The van der Waals surface area contributed by atoms with E-state index in [1.807, 2.05) is 35.8 Å². The van der Waals surface area contributed by atoms with Gasteiger partial charge < -0.3 is 5.32 Å². The molecule has 0 aliphatic heterocycles. The molecule has 1 aromatic heterocycles. The first-order valence-electron chi connectivity index (χ1n) is 9.93. The summed E-state index contributed by atoms with van der Waals surface area (Å²) in [5.41, 5.74) is 0.717. The molecule has 1 saturated carbocycles. The third kappa shape index (κ3) is 4.37. The van der Waals surface area contributed by atoms with Crippen LogP contribution in [0.1, 0.15) is 52.5 Å². The first-order chi connectivity index (χ1) is 13.0. The van der Waals surface area contributed by atoms with E-state index < -0.39 is 0 Å². The average Bonchev–Trinajstić information content (AvgIpc) is 2.67. The van der Waals surface area contributed by atoms with E-state index in [9.17, 15) is 9.59 Å². The van der Waals surface area contributed by atoms with Crippen molar-refractivity contribution in [2.45, 2.75) is 57.7 Å². The quantitative estimate of drug-likeness (QED) is 0.601. The maximum absolute atomic E-state index is 13.3. The van der Waals surface area contributed by atoms with Crippen LogP contribution in [0.2, 0.25) is 0 Å². The number of rotatable bonds is 6. The van der Waals surface area contributed by atoms with E-state index in [-0.39, 0.29) is 23.3 Å². The van der Waals surface area contributed by atoms with Crippen LogP contribution < -0.4 is 10.9 Å². The molecule has 0 unspecified atom stereocenters. The Balaban J connectivity index is 1.99. The van der Waals surface area contributed by atoms with Crippen molar-refractivity contribution in [1.29, 1.82) is 0 Å². The molecule has 1 amide bonds. The van der Waals surface area contributed by atoms with Gasteiger partial charge in [0.25, 0.3) is 5.56 Å². The van der Waals surface area contributed by atoms with Crippen LogP contribution in [0, 0.1) is 11.8 Å². The molecule has 6 heteroatoms. The fourth-order valence-corrected chi connectivity index (χ4v) is 4.77. The topological polar surface area (TPSA) is 64.0 Å². The van der Waals surface area contributed by atoms with Crippen LogP contribution in [0.3, 0.4) is 0 Å². The van der Waals surface area contributed by atoms with Gasteiger partial charge in [0.15, 0.2) is 5.16 Å². The van der Waals surface area contributed by atoms with Gasteiger partial charge in [0.1, 0.15) is 0 Å². The predicted molar refractivity (Wildman–Crippen MR) is 111 cm³/mol. The van der Waals surface area contributed by atoms with Gasteiger partial charge in [-0.1, -0.05) is 57.5 Å². The molecule has 0 radical (unpaired) electrons. The molecule has 3 atom stereocenters. The number of hydrogen-bond donors (Lipinski definition) is 1. The minimum Gasteiger partial charge on any atom is -0.355 e. The van der Waals surface area contributed by atoms with Crippen molar-refractivity contribution in [3.8, 4) is 0 Å². The number of nitrogens with one attached hydrogen (secondary N) is 1. The summed E-state index contributed by atoms with van der Waals surface area (Å²) in [7, 11) is 0. The number of hydrogen-bond acceptors (Lipinski definition) is 4. The van der Waals surface area contributed by atoms with Crippen molar-refractivity contribution in [3.05, 3.63) is 34.6 Å². The van der Waals surface area contributed by atoms with Crippen molar-refractivity contribution in [2.24, 2.45) is 11.8 Å². The second kappa shape index (κ2) is 8.91. The van der Waals surface area contributed by atoms with Gasteiger partial charge in [-0.3, -0.25) is 14.2 Å². The van der Waals surface area contributed by atoms with Crippen molar-refractivity contribution in [2.75, 3.05) is 12.3 Å². The summed E-state index contributed by atoms with van der Waals surface area (Å²) in [6, 6.07) is 7.63. The molecule has 1 heterocycles. The van der Waals surface area contributed by atoms with Gasteiger partial charge in [-0.2, -0.15) is 0 Å². The highest BCUT2D eigenvalue weighted by Gasteiger charge is 2.31. The normalized spacial score (nSPS) is 22.7. The lowest BCUT2D eigenvalue weighted by Crippen LogP contribution is -2.35. The zero-order chi connectivity index (χ0) is 19.4. The summed E-state index contributed by atoms with van der Waals surface area (Å²) in [4.78, 5) is 30.2. The van der Waals surface area contributed by atoms with E-state index in [0.717, 1.165) is 19.3 Å². The standard InChI is InChI=1S/C21H29N3O2S/c1-4-12-22-19(25)13-27-21-23-17-10-6-5-9-16(17)20(26)24(21)18-11-7-8-14(2)15(18)3/h5-6,9-10,14-15,18H,4,7-8,11-13H2,1-3H3,(H,22,25)/t14-,15+,18-/m1/s1. The first-order valence-corrected chi connectivity index (χ1v) is 10.9. The second-order valence-corrected chi connectivity index (χ2v) is 8.50. The number of aromatic nitrogens is 2. The van der Waals surface area contributed by atoms with Crippen LogP contribution in [0.25, 0.3) is 10.9 Å². The molecule has 3 rings (SSSR count). The van der Waals surface area contributed by atoms with Crippen LogP contribution in [0.4, 0.5) is 0 Å². The first kappa shape index (κ1) is 19.9. The molecular weight excluding hydrogens is 358 g/mol. The lowest BCUT2D eigenvalue weighted by atomic mass is 9.78. The van der Waals surface area contributed by atoms with Gasteiger partial charge in [-0.05, 0) is 36.8 Å². The third-order valence-electron chi connectivity index (χ3n) is 5.68. The van der Waals surface area contributed by atoms with Crippen molar-refractivity contribution < 1.29 is 4.79 Å². The van der Waals surface area contributed by atoms with Gasteiger partial charge in [-0.25, -0.2) is 4.98 Å². The molecule has 0 saturated heterocycles. The van der Waals surface area contributed by atoms with Crippen LogP contribution >= 0.6 is 11.8 Å². The number of thioether (sulfide) groups is 1. The van der Waals surface area contributed by atoms with Gasteiger partial charge in [-0.15, -0.1) is 0 Å². The van der Waals surface area contributed by atoms with Crippen LogP contribution in [-0.4, -0.2) is 27.8 Å². The molecule has 1 aromatic carbocycles. The molecule has 0 bridgehead atoms. The SMILES string of the molecule is CCCNC(=O)CSc1nc2ccccc2c(=O)n1[C@@H]1CCC[C@@H](C)[C@@H]1C. The van der Waals surface area contributed by atoms with Crippen LogP contribution in [0.5, 0.6) is 0 Å². The molecule has 5 nitrogen and oxygen atoms in total. The Morgan fingerprint density at radius 1 is 1.30 bits per heavy atom. The monoisotopic (exact) mass is 387 g/mol. The van der Waals surface area contributed by atoms with E-state index in [2.05, 4.69) is 19.2 Å². The molecule has 2 aromatic rings. The molecule has 27 heavy (non-hydrogen) atoms. The van der Waals surface area contributed by atoms with E-state index in [1.54, 1.807) is 0 Å². The maximum atomic E-state index is 13.3. The number of amides is 1. The number of carbonyl (C=O) groups excluding carboxylic acids is 1. The summed E-state index contributed by atoms with van der Waals surface area (Å²) in [6.45, 7) is 7.20. The molecular formula is C21H29N3O2S. The van der Waals surface area contributed by atoms with Gasteiger partial charge in [0.05, 0.1) is 16.7 Å². The number of para-hydroxylation sites is 1. The predicted octanol–water partition coefficient (Wildman–Crippen LogP) is 4.01. The highest BCUT2D eigenvalue weighted by molar-refractivity contribution is 7.99. The Morgan fingerprint density at radius 3 is 2.85 bits per heavy atom. The van der Waals surface area contributed by atoms with Crippen molar-refractivity contribution in [1.82, 2.24) is 14.9 Å². The fourth-order valence-electron chi connectivity index (χ4n) is 3.88. The fraction of sp³-hybridized carbons (Fsp3) is 0.571. The van der Waals surface area contributed by atoms with Gasteiger partial charge >= 0.3 is 0 Å². The Kier molecular flexibility index (Phi) is 6.58. The Bertz CT molecular complexity index is 864. The lowest BCUT2D eigenvalue weighted by Gasteiger charge is -2.36. The minimum atomic E-state index is -0.0131. The van der Waals surface area contributed by atoms with Crippen LogP contribution in [0.15, 0.2) is 34.2 Å². The number of carbonyl (C=O) groups is 1. The molecule has 146 valence electrons. The molecule has 1 aliphatic rings. The Morgan fingerprint density at radius 2 is 2.07 bits per heavy atom. The summed E-state index contributed by atoms with van der Waals surface area (Å²) >= 11 is 1.37. The number of nitrogens with zero attached hydrogens (tertiary/aromatic N) is 2. The zero-order valence-electron chi connectivity index (χ0n) is 16.4. The minimum absolute atomic E-state index is 0.0131. The van der Waals surface area contributed by atoms with E-state index >= 15 is 0 Å². The third-order valence-corrected chi connectivity index (χ3v) is 6.63. The molecule has 1 aliphatic carbocycles. The molecule has 0 spiro atoms. The Hall–Kier alpha value is -1.82. The van der Waals surface area contributed by atoms with E-state index in [4.69, 9.17) is 4.98 Å².